The van der Waals surface area contributed by atoms with E-state index in [1.165, 1.54) is 0 Å². The molecular formula is C21H23ClN2O2. The van der Waals surface area contributed by atoms with Crippen molar-refractivity contribution in [3.05, 3.63) is 71.8 Å². The first-order chi connectivity index (χ1) is 12.5. The van der Waals surface area contributed by atoms with Crippen molar-refractivity contribution in [3.63, 3.8) is 0 Å². The third-order valence-corrected chi connectivity index (χ3v) is 5.51. The lowest BCUT2D eigenvalue weighted by molar-refractivity contribution is -0.129. The van der Waals surface area contributed by atoms with E-state index in [0.717, 1.165) is 11.1 Å². The van der Waals surface area contributed by atoms with Crippen LogP contribution in [0.1, 0.15) is 36.9 Å². The van der Waals surface area contributed by atoms with Gasteiger partial charge in [-0.3, -0.25) is 9.59 Å². The molecule has 1 aliphatic rings. The molecule has 1 aliphatic heterocycles. The van der Waals surface area contributed by atoms with E-state index in [-0.39, 0.29) is 11.9 Å². The highest BCUT2D eigenvalue weighted by Crippen LogP contribution is 2.37. The van der Waals surface area contributed by atoms with Crippen LogP contribution in [0.2, 0.25) is 0 Å². The van der Waals surface area contributed by atoms with Crippen LogP contribution >= 0.6 is 11.6 Å². The molecule has 3 rings (SSSR count). The van der Waals surface area contributed by atoms with E-state index in [1.807, 2.05) is 67.6 Å². The minimum absolute atomic E-state index is 0.00160. The third-order valence-electron chi connectivity index (χ3n) is 5.27. The number of piperidine rings is 1. The molecular weight excluding hydrogens is 348 g/mol. The summed E-state index contributed by atoms with van der Waals surface area (Å²) in [6.45, 7) is 2.94. The normalized spacial score (nSPS) is 17.4. The fourth-order valence-electron chi connectivity index (χ4n) is 3.63. The summed E-state index contributed by atoms with van der Waals surface area (Å²) in [5, 5.41) is 2.72. The zero-order chi connectivity index (χ0) is 18.6. The Kier molecular flexibility index (Phi) is 5.62. The SMILES string of the molecule is C[C@H](NC(=O)C1(c2ccccc2)CCN(C(=O)Cl)CC1)c1ccccc1. The summed E-state index contributed by atoms with van der Waals surface area (Å²) >= 11 is 5.63. The highest BCUT2D eigenvalue weighted by atomic mass is 35.5. The molecule has 2 aromatic rings. The first-order valence-corrected chi connectivity index (χ1v) is 9.26. The van der Waals surface area contributed by atoms with Gasteiger partial charge in [0.15, 0.2) is 0 Å². The first-order valence-electron chi connectivity index (χ1n) is 8.89. The van der Waals surface area contributed by atoms with Gasteiger partial charge in [-0.15, -0.1) is 0 Å². The Hall–Kier alpha value is -2.33. The molecule has 2 aromatic carbocycles. The molecule has 1 atom stereocenters. The number of rotatable bonds is 4. The Morgan fingerprint density at radius 1 is 1.00 bits per heavy atom. The Morgan fingerprint density at radius 2 is 1.54 bits per heavy atom. The number of nitrogens with one attached hydrogen (secondary N) is 1. The molecule has 0 radical (unpaired) electrons. The minimum atomic E-state index is -0.646. The number of halogens is 1. The molecule has 1 fully saturated rings. The molecule has 1 N–H and O–H groups in total. The van der Waals surface area contributed by atoms with E-state index in [1.54, 1.807) is 4.90 Å². The molecule has 0 saturated carbocycles. The molecule has 136 valence electrons. The van der Waals surface area contributed by atoms with Crippen molar-refractivity contribution in [2.75, 3.05) is 13.1 Å². The largest absolute Gasteiger partial charge is 0.349 e. The molecule has 2 amide bonds. The summed E-state index contributed by atoms with van der Waals surface area (Å²) in [5.74, 6) is 0.00160. The van der Waals surface area contributed by atoms with Crippen molar-refractivity contribution in [1.82, 2.24) is 10.2 Å². The van der Waals surface area contributed by atoms with Gasteiger partial charge >= 0.3 is 5.37 Å². The lowest BCUT2D eigenvalue weighted by Crippen LogP contribution is -2.52. The van der Waals surface area contributed by atoms with Crippen molar-refractivity contribution >= 4 is 22.9 Å². The number of carbonyl (C=O) groups excluding carboxylic acids is 2. The van der Waals surface area contributed by atoms with E-state index in [0.29, 0.717) is 25.9 Å². The molecule has 5 heteroatoms. The van der Waals surface area contributed by atoms with E-state index >= 15 is 0 Å². The average molecular weight is 371 g/mol. The maximum atomic E-state index is 13.3. The summed E-state index contributed by atoms with van der Waals surface area (Å²) < 4.78 is 0. The predicted octanol–water partition coefficient (Wildman–Crippen LogP) is 4.26. The van der Waals surface area contributed by atoms with Crippen LogP contribution in [-0.4, -0.2) is 29.3 Å². The summed E-state index contributed by atoms with van der Waals surface area (Å²) in [6.07, 6.45) is 1.12. The molecule has 0 aromatic heterocycles. The second-order valence-electron chi connectivity index (χ2n) is 6.79. The number of benzene rings is 2. The van der Waals surface area contributed by atoms with Crippen molar-refractivity contribution < 1.29 is 9.59 Å². The van der Waals surface area contributed by atoms with E-state index in [4.69, 9.17) is 11.6 Å². The van der Waals surface area contributed by atoms with Gasteiger partial charge in [-0.2, -0.15) is 0 Å². The van der Waals surface area contributed by atoms with Gasteiger partial charge in [0, 0.05) is 13.1 Å². The lowest BCUT2D eigenvalue weighted by Gasteiger charge is -2.41. The van der Waals surface area contributed by atoms with Gasteiger partial charge in [-0.25, -0.2) is 0 Å². The highest BCUT2D eigenvalue weighted by molar-refractivity contribution is 6.62. The van der Waals surface area contributed by atoms with Crippen LogP contribution in [0, 0.1) is 0 Å². The van der Waals surface area contributed by atoms with Gasteiger partial charge in [0.05, 0.1) is 11.5 Å². The molecule has 0 bridgehead atoms. The quantitative estimate of drug-likeness (QED) is 0.645. The number of likely N-dealkylation sites (tertiary alicyclic amines) is 1. The molecule has 1 heterocycles. The summed E-state index contributed by atoms with van der Waals surface area (Å²) in [4.78, 5) is 26.4. The monoisotopic (exact) mass is 370 g/mol. The third kappa shape index (κ3) is 3.75. The Bertz CT molecular complexity index is 756. The van der Waals surface area contributed by atoms with Crippen molar-refractivity contribution in [2.24, 2.45) is 0 Å². The smallest absolute Gasteiger partial charge is 0.316 e. The average Bonchev–Trinajstić information content (AvgIpc) is 2.69. The number of hydrogen-bond acceptors (Lipinski definition) is 2. The second kappa shape index (κ2) is 7.92. The molecule has 0 unspecified atom stereocenters. The first kappa shape index (κ1) is 18.5. The molecule has 0 spiro atoms. The Morgan fingerprint density at radius 3 is 2.08 bits per heavy atom. The van der Waals surface area contributed by atoms with Gasteiger partial charge in [-0.05, 0) is 42.5 Å². The van der Waals surface area contributed by atoms with Crippen LogP contribution < -0.4 is 5.32 Å². The van der Waals surface area contributed by atoms with E-state index in [2.05, 4.69) is 5.32 Å². The molecule has 4 nitrogen and oxygen atoms in total. The van der Waals surface area contributed by atoms with Gasteiger partial charge in [0.2, 0.25) is 5.91 Å². The number of nitrogens with zero attached hydrogens (tertiary/aromatic N) is 1. The number of amides is 2. The molecule has 26 heavy (non-hydrogen) atoms. The molecule has 1 saturated heterocycles. The standard InChI is InChI=1S/C21H23ClN2O2/c1-16(17-8-4-2-5-9-17)23-19(25)21(18-10-6-3-7-11-18)12-14-24(15-13-21)20(22)26/h2-11,16H,12-15H2,1H3,(H,23,25)/t16-/m0/s1. The van der Waals surface area contributed by atoms with Crippen LogP contribution in [0.5, 0.6) is 0 Å². The summed E-state index contributed by atoms with van der Waals surface area (Å²) in [5.41, 5.74) is 1.41. The number of hydrogen-bond donors (Lipinski definition) is 1. The van der Waals surface area contributed by atoms with Crippen molar-refractivity contribution in [2.45, 2.75) is 31.2 Å². The number of carbonyl (C=O) groups is 2. The van der Waals surface area contributed by atoms with Crippen LogP contribution in [0.15, 0.2) is 60.7 Å². The zero-order valence-electron chi connectivity index (χ0n) is 14.8. The maximum absolute atomic E-state index is 13.3. The second-order valence-corrected chi connectivity index (χ2v) is 7.12. The maximum Gasteiger partial charge on any atom is 0.316 e. The lowest BCUT2D eigenvalue weighted by atomic mass is 9.72. The van der Waals surface area contributed by atoms with Crippen molar-refractivity contribution in [3.8, 4) is 0 Å². The Labute approximate surface area is 159 Å². The molecule has 0 aliphatic carbocycles. The van der Waals surface area contributed by atoms with Crippen LogP contribution in [0.25, 0.3) is 0 Å². The van der Waals surface area contributed by atoms with Gasteiger partial charge in [0.1, 0.15) is 0 Å². The minimum Gasteiger partial charge on any atom is -0.349 e. The summed E-state index contributed by atoms with van der Waals surface area (Å²) in [6, 6.07) is 19.7. The van der Waals surface area contributed by atoms with Gasteiger partial charge in [0.25, 0.3) is 0 Å². The van der Waals surface area contributed by atoms with E-state index in [9.17, 15) is 9.59 Å². The van der Waals surface area contributed by atoms with E-state index < -0.39 is 10.8 Å². The Balaban J connectivity index is 1.84. The van der Waals surface area contributed by atoms with Gasteiger partial charge in [-0.1, -0.05) is 60.7 Å². The van der Waals surface area contributed by atoms with Gasteiger partial charge < -0.3 is 10.2 Å². The fourth-order valence-corrected chi connectivity index (χ4v) is 3.80. The zero-order valence-corrected chi connectivity index (χ0v) is 15.6. The summed E-state index contributed by atoms with van der Waals surface area (Å²) in [7, 11) is 0. The topological polar surface area (TPSA) is 49.4 Å². The van der Waals surface area contributed by atoms with Crippen LogP contribution in [0.3, 0.4) is 0 Å². The fraction of sp³-hybridized carbons (Fsp3) is 0.333. The van der Waals surface area contributed by atoms with Crippen LogP contribution in [0.4, 0.5) is 4.79 Å². The highest BCUT2D eigenvalue weighted by Gasteiger charge is 2.43. The predicted molar refractivity (Wildman–Crippen MR) is 103 cm³/mol. The van der Waals surface area contributed by atoms with Crippen molar-refractivity contribution in [1.29, 1.82) is 0 Å². The van der Waals surface area contributed by atoms with Crippen LogP contribution in [-0.2, 0) is 10.2 Å².